The fraction of sp³-hybridized carbons (Fsp3) is 0.833. The molecule has 10 heavy (non-hydrogen) atoms. The second kappa shape index (κ2) is 9.05. The van der Waals surface area contributed by atoms with E-state index in [0.29, 0.717) is 6.42 Å². The van der Waals surface area contributed by atoms with Crippen molar-refractivity contribution in [2.45, 2.75) is 32.6 Å². The molecule has 56 valence electrons. The molecule has 0 aromatic carbocycles. The van der Waals surface area contributed by atoms with Crippen LogP contribution in [0.15, 0.2) is 0 Å². The van der Waals surface area contributed by atoms with Crippen LogP contribution in [0.5, 0.6) is 0 Å². The smallest absolute Gasteiger partial charge is 0.324 e. The Balaban J connectivity index is 0. The summed E-state index contributed by atoms with van der Waals surface area (Å²) in [7, 11) is 0. The van der Waals surface area contributed by atoms with Gasteiger partial charge < -0.3 is 4.84 Å². The van der Waals surface area contributed by atoms with Crippen LogP contribution in [0.3, 0.4) is 0 Å². The predicted octanol–water partition coefficient (Wildman–Crippen LogP) is 0.981. The van der Waals surface area contributed by atoms with Gasteiger partial charge in [0.15, 0.2) is 0 Å². The van der Waals surface area contributed by atoms with Gasteiger partial charge in [-0.3, -0.25) is 4.79 Å². The molecule has 0 atom stereocenters. The minimum atomic E-state index is -0.316. The Hall–Kier alpha value is 0.0534. The van der Waals surface area contributed by atoms with Crippen LogP contribution in [0, 0.1) is 0 Å². The molecule has 0 aliphatic heterocycles. The molecule has 4 heteroatoms. The van der Waals surface area contributed by atoms with Crippen molar-refractivity contribution < 1.29 is 29.1 Å². The number of rotatable bonds is 4. The molecule has 0 saturated carbocycles. The molecule has 0 radical (unpaired) electrons. The van der Waals surface area contributed by atoms with Gasteiger partial charge in [0.2, 0.25) is 0 Å². The molecule has 0 spiro atoms. The van der Waals surface area contributed by atoms with Gasteiger partial charge >= 0.3 is 5.97 Å². The molecule has 0 fully saturated rings. The van der Waals surface area contributed by atoms with Crippen LogP contribution in [0.25, 0.3) is 0 Å². The Labute approximate surface area is 74.0 Å². The first-order valence-electron chi connectivity index (χ1n) is 3.20. The maximum absolute atomic E-state index is 10.3. The molecule has 0 heterocycles. The van der Waals surface area contributed by atoms with E-state index >= 15 is 0 Å². The second-order valence-electron chi connectivity index (χ2n) is 1.95. The summed E-state index contributed by atoms with van der Waals surface area (Å²) in [4.78, 5) is 14.3. The van der Waals surface area contributed by atoms with Crippen molar-refractivity contribution in [3.63, 3.8) is 0 Å². The van der Waals surface area contributed by atoms with Crippen LogP contribution < -0.4 is 5.90 Å². The van der Waals surface area contributed by atoms with Crippen molar-refractivity contribution in [3.05, 3.63) is 0 Å². The first-order chi connectivity index (χ1) is 4.31. The molecule has 0 saturated heterocycles. The number of nitrogens with two attached hydrogens (primary N) is 1. The molecule has 0 bridgehead atoms. The van der Waals surface area contributed by atoms with Crippen molar-refractivity contribution in [3.8, 4) is 0 Å². The van der Waals surface area contributed by atoms with Crippen LogP contribution in [-0.2, 0) is 29.1 Å². The summed E-state index contributed by atoms with van der Waals surface area (Å²) in [6, 6.07) is 0. The zero-order chi connectivity index (χ0) is 7.11. The maximum Gasteiger partial charge on any atom is 0.324 e. The molecule has 0 aliphatic carbocycles. The third kappa shape index (κ3) is 8.05. The summed E-state index contributed by atoms with van der Waals surface area (Å²) in [6.45, 7) is 2.08. The van der Waals surface area contributed by atoms with Crippen molar-refractivity contribution >= 4 is 5.97 Å². The Morgan fingerprint density at radius 3 is 2.50 bits per heavy atom. The minimum Gasteiger partial charge on any atom is -0.373 e. The van der Waals surface area contributed by atoms with E-state index in [4.69, 9.17) is 0 Å². The fourth-order valence-electron chi connectivity index (χ4n) is 0.578. The topological polar surface area (TPSA) is 52.3 Å². The standard InChI is InChI=1S/C6H13NO2.Zn/c1-2-3-4-5-6(8)9-7;/h2-5,7H2,1H3;. The Morgan fingerprint density at radius 2 is 2.10 bits per heavy atom. The Bertz CT molecular complexity index is 87.8. The molecule has 0 aromatic heterocycles. The van der Waals surface area contributed by atoms with Gasteiger partial charge in [-0.25, -0.2) is 0 Å². The van der Waals surface area contributed by atoms with Gasteiger partial charge in [0.25, 0.3) is 0 Å². The largest absolute Gasteiger partial charge is 0.373 e. The van der Waals surface area contributed by atoms with E-state index in [2.05, 4.69) is 17.7 Å². The number of carbonyl (C=O) groups excluding carboxylic acids is 1. The van der Waals surface area contributed by atoms with Gasteiger partial charge in [-0.05, 0) is 6.42 Å². The second-order valence-corrected chi connectivity index (χ2v) is 1.95. The molecule has 2 N–H and O–H groups in total. The van der Waals surface area contributed by atoms with Crippen molar-refractivity contribution in [2.75, 3.05) is 0 Å². The van der Waals surface area contributed by atoms with Gasteiger partial charge in [-0.15, -0.1) is 0 Å². The summed E-state index contributed by atoms with van der Waals surface area (Å²) >= 11 is 0. The van der Waals surface area contributed by atoms with Crippen molar-refractivity contribution in [1.82, 2.24) is 0 Å². The number of unbranched alkanes of at least 4 members (excludes halogenated alkanes) is 2. The fourth-order valence-corrected chi connectivity index (χ4v) is 0.578. The van der Waals surface area contributed by atoms with E-state index in [1.807, 2.05) is 0 Å². The van der Waals surface area contributed by atoms with Gasteiger partial charge in [0, 0.05) is 25.9 Å². The molecule has 0 aliphatic rings. The SMILES string of the molecule is CCCCCC(=O)ON.[Zn]. The molecule has 0 unspecified atom stereocenters. The number of carbonyl (C=O) groups is 1. The quantitative estimate of drug-likeness (QED) is 0.414. The summed E-state index contributed by atoms with van der Waals surface area (Å²) < 4.78 is 0. The molecule has 0 amide bonds. The molecule has 3 nitrogen and oxygen atoms in total. The van der Waals surface area contributed by atoms with Crippen molar-refractivity contribution in [1.29, 1.82) is 0 Å². The third-order valence-electron chi connectivity index (χ3n) is 1.12. The minimum absolute atomic E-state index is 0. The van der Waals surface area contributed by atoms with Gasteiger partial charge in [0.1, 0.15) is 0 Å². The average Bonchev–Trinajstić information content (AvgIpc) is 1.89. The predicted molar refractivity (Wildman–Crippen MR) is 34.4 cm³/mol. The summed E-state index contributed by atoms with van der Waals surface area (Å²) in [5.41, 5.74) is 0. The van der Waals surface area contributed by atoms with E-state index in [1.54, 1.807) is 0 Å². The van der Waals surface area contributed by atoms with E-state index in [1.165, 1.54) is 0 Å². The summed E-state index contributed by atoms with van der Waals surface area (Å²) in [5, 5.41) is 0. The molecular formula is C6H13NO2Zn. The third-order valence-corrected chi connectivity index (χ3v) is 1.12. The van der Waals surface area contributed by atoms with Gasteiger partial charge in [-0.2, -0.15) is 5.90 Å². The van der Waals surface area contributed by atoms with Crippen LogP contribution in [0.2, 0.25) is 0 Å². The number of hydrogen-bond donors (Lipinski definition) is 1. The van der Waals surface area contributed by atoms with Crippen LogP contribution in [-0.4, -0.2) is 5.97 Å². The van der Waals surface area contributed by atoms with Crippen LogP contribution in [0.4, 0.5) is 0 Å². The van der Waals surface area contributed by atoms with E-state index in [0.717, 1.165) is 19.3 Å². The summed E-state index contributed by atoms with van der Waals surface area (Å²) in [6.07, 6.45) is 3.50. The van der Waals surface area contributed by atoms with Gasteiger partial charge in [0.05, 0.1) is 0 Å². The Morgan fingerprint density at radius 1 is 1.50 bits per heavy atom. The molecule has 0 aromatic rings. The molecular weight excluding hydrogens is 183 g/mol. The summed E-state index contributed by atoms with van der Waals surface area (Å²) in [5.74, 6) is 4.29. The van der Waals surface area contributed by atoms with E-state index in [9.17, 15) is 4.79 Å². The van der Waals surface area contributed by atoms with E-state index in [-0.39, 0.29) is 25.4 Å². The normalized spacial score (nSPS) is 8.20. The average molecular weight is 197 g/mol. The van der Waals surface area contributed by atoms with Gasteiger partial charge in [-0.1, -0.05) is 19.8 Å². The van der Waals surface area contributed by atoms with E-state index < -0.39 is 0 Å². The van der Waals surface area contributed by atoms with Crippen LogP contribution >= 0.6 is 0 Å². The van der Waals surface area contributed by atoms with Crippen LogP contribution in [0.1, 0.15) is 32.6 Å². The first kappa shape index (κ1) is 12.7. The number of hydrogen-bond acceptors (Lipinski definition) is 3. The maximum atomic E-state index is 10.3. The van der Waals surface area contributed by atoms with Crippen molar-refractivity contribution in [2.24, 2.45) is 5.90 Å². The Kier molecular flexibility index (Phi) is 11.5. The molecule has 0 rings (SSSR count). The zero-order valence-corrected chi connectivity index (χ0v) is 9.40. The monoisotopic (exact) mass is 195 g/mol. The first-order valence-corrected chi connectivity index (χ1v) is 3.20. The zero-order valence-electron chi connectivity index (χ0n) is 6.43.